The molecule has 0 atom stereocenters. The van der Waals surface area contributed by atoms with E-state index in [1.54, 1.807) is 0 Å². The van der Waals surface area contributed by atoms with E-state index in [0.717, 1.165) is 22.9 Å². The Morgan fingerprint density at radius 2 is 1.86 bits per heavy atom. The number of hydrogen-bond acceptors (Lipinski definition) is 4. The van der Waals surface area contributed by atoms with Crippen LogP contribution < -0.4 is 0 Å². The molecule has 0 saturated carbocycles. The van der Waals surface area contributed by atoms with Gasteiger partial charge < -0.3 is 4.90 Å². The highest BCUT2D eigenvalue weighted by molar-refractivity contribution is 8.14. The lowest BCUT2D eigenvalue weighted by atomic mass is 10.0. The first-order chi connectivity index (χ1) is 10.6. The molecule has 0 aliphatic carbocycles. The van der Waals surface area contributed by atoms with Gasteiger partial charge in [0.2, 0.25) is 5.91 Å². The summed E-state index contributed by atoms with van der Waals surface area (Å²) >= 11 is 1.07. The minimum absolute atomic E-state index is 0.0324. The minimum atomic E-state index is -0.145. The first-order valence-electron chi connectivity index (χ1n) is 7.41. The van der Waals surface area contributed by atoms with E-state index in [2.05, 4.69) is 0 Å². The number of rotatable bonds is 2. The Morgan fingerprint density at radius 1 is 1.18 bits per heavy atom. The van der Waals surface area contributed by atoms with Crippen molar-refractivity contribution in [3.63, 3.8) is 0 Å². The summed E-state index contributed by atoms with van der Waals surface area (Å²) in [5, 5.41) is -0.145. The maximum atomic E-state index is 12.6. The van der Waals surface area contributed by atoms with Gasteiger partial charge in [0.25, 0.3) is 11.1 Å². The molecule has 0 unspecified atom stereocenters. The van der Waals surface area contributed by atoms with E-state index in [9.17, 15) is 14.4 Å². The molecule has 3 rings (SSSR count). The van der Waals surface area contributed by atoms with Crippen molar-refractivity contribution in [2.75, 3.05) is 18.8 Å². The van der Waals surface area contributed by atoms with Crippen LogP contribution in [-0.4, -0.2) is 51.7 Å². The van der Waals surface area contributed by atoms with E-state index in [-0.39, 0.29) is 28.8 Å². The van der Waals surface area contributed by atoms with Crippen molar-refractivity contribution in [3.8, 4) is 0 Å². The first kappa shape index (κ1) is 15.1. The highest BCUT2D eigenvalue weighted by Gasteiger charge is 2.38. The molecular weight excluding hydrogens is 300 g/mol. The number of hydrogen-bond donors (Lipinski definition) is 0. The molecule has 1 aromatic carbocycles. The molecule has 0 aromatic heterocycles. The molecule has 22 heavy (non-hydrogen) atoms. The maximum absolute atomic E-state index is 12.6. The quantitative estimate of drug-likeness (QED) is 0.839. The molecule has 116 valence electrons. The van der Waals surface area contributed by atoms with Crippen LogP contribution in [0.3, 0.4) is 0 Å². The molecular formula is C16H18N2O3S. The van der Waals surface area contributed by atoms with Crippen molar-refractivity contribution >= 4 is 28.8 Å². The SMILES string of the molecule is Cc1ccccc1C(=O)N1CCC(N2C(=O)CSC2=O)CC1. The zero-order chi connectivity index (χ0) is 15.7. The van der Waals surface area contributed by atoms with E-state index in [0.29, 0.717) is 25.9 Å². The Kier molecular flexibility index (Phi) is 4.20. The summed E-state index contributed by atoms with van der Waals surface area (Å²) < 4.78 is 0. The fourth-order valence-corrected chi connectivity index (χ4v) is 3.80. The average Bonchev–Trinajstić information content (AvgIpc) is 2.86. The summed E-state index contributed by atoms with van der Waals surface area (Å²) in [4.78, 5) is 39.3. The first-order valence-corrected chi connectivity index (χ1v) is 8.40. The van der Waals surface area contributed by atoms with Gasteiger partial charge in [0.05, 0.1) is 5.75 Å². The van der Waals surface area contributed by atoms with Crippen molar-refractivity contribution in [3.05, 3.63) is 35.4 Å². The number of aryl methyl sites for hydroxylation is 1. The van der Waals surface area contributed by atoms with Crippen molar-refractivity contribution in [2.24, 2.45) is 0 Å². The summed E-state index contributed by atoms with van der Waals surface area (Å²) in [6, 6.07) is 7.50. The Labute approximate surface area is 133 Å². The molecule has 1 aromatic rings. The van der Waals surface area contributed by atoms with Gasteiger partial charge in [-0.05, 0) is 31.4 Å². The van der Waals surface area contributed by atoms with Crippen LogP contribution in [0.15, 0.2) is 24.3 Å². The number of benzene rings is 1. The third kappa shape index (κ3) is 2.75. The molecule has 2 fully saturated rings. The van der Waals surface area contributed by atoms with Crippen molar-refractivity contribution in [1.29, 1.82) is 0 Å². The van der Waals surface area contributed by atoms with Gasteiger partial charge in [-0.1, -0.05) is 30.0 Å². The van der Waals surface area contributed by atoms with Crippen LogP contribution in [0.1, 0.15) is 28.8 Å². The molecule has 2 aliphatic heterocycles. The van der Waals surface area contributed by atoms with Crippen molar-refractivity contribution in [2.45, 2.75) is 25.8 Å². The second-order valence-corrected chi connectivity index (χ2v) is 6.58. The Bertz CT molecular complexity index is 608. The highest BCUT2D eigenvalue weighted by Crippen LogP contribution is 2.27. The molecule has 0 radical (unpaired) electrons. The van der Waals surface area contributed by atoms with E-state index in [1.165, 1.54) is 4.90 Å². The van der Waals surface area contributed by atoms with Crippen molar-refractivity contribution < 1.29 is 14.4 Å². The average molecular weight is 318 g/mol. The van der Waals surface area contributed by atoms with E-state index >= 15 is 0 Å². The lowest BCUT2D eigenvalue weighted by Gasteiger charge is -2.35. The van der Waals surface area contributed by atoms with E-state index in [1.807, 2.05) is 36.1 Å². The minimum Gasteiger partial charge on any atom is -0.338 e. The number of thioether (sulfide) groups is 1. The molecule has 2 aliphatic rings. The van der Waals surface area contributed by atoms with Crippen LogP contribution in [0.25, 0.3) is 0 Å². The summed E-state index contributed by atoms with van der Waals surface area (Å²) in [6.07, 6.45) is 1.32. The summed E-state index contributed by atoms with van der Waals surface area (Å²) in [5.41, 5.74) is 1.70. The van der Waals surface area contributed by atoms with Gasteiger partial charge in [-0.15, -0.1) is 0 Å². The smallest absolute Gasteiger partial charge is 0.289 e. The number of nitrogens with zero attached hydrogens (tertiary/aromatic N) is 2. The summed E-state index contributed by atoms with van der Waals surface area (Å²) in [5.74, 6) is 0.185. The number of carbonyl (C=O) groups excluding carboxylic acids is 3. The predicted octanol–water partition coefficient (Wildman–Crippen LogP) is 2.30. The Hall–Kier alpha value is -1.82. The van der Waals surface area contributed by atoms with E-state index < -0.39 is 0 Å². The fraction of sp³-hybridized carbons (Fsp3) is 0.438. The van der Waals surface area contributed by atoms with Gasteiger partial charge in [0.15, 0.2) is 0 Å². The molecule has 0 spiro atoms. The number of carbonyl (C=O) groups is 3. The molecule has 2 saturated heterocycles. The van der Waals surface area contributed by atoms with Gasteiger partial charge in [-0.25, -0.2) is 0 Å². The largest absolute Gasteiger partial charge is 0.338 e. The molecule has 0 N–H and O–H groups in total. The normalized spacial score (nSPS) is 19.9. The molecule has 3 amide bonds. The Balaban J connectivity index is 1.65. The van der Waals surface area contributed by atoms with Gasteiger partial charge >= 0.3 is 0 Å². The van der Waals surface area contributed by atoms with Crippen LogP contribution in [0.4, 0.5) is 4.79 Å². The number of likely N-dealkylation sites (tertiary alicyclic amines) is 1. The van der Waals surface area contributed by atoms with E-state index in [4.69, 9.17) is 0 Å². The predicted molar refractivity (Wildman–Crippen MR) is 84.8 cm³/mol. The second-order valence-electron chi connectivity index (χ2n) is 5.66. The van der Waals surface area contributed by atoms with Gasteiger partial charge in [0.1, 0.15) is 0 Å². The zero-order valence-corrected chi connectivity index (χ0v) is 13.3. The van der Waals surface area contributed by atoms with Crippen molar-refractivity contribution in [1.82, 2.24) is 9.80 Å². The maximum Gasteiger partial charge on any atom is 0.289 e. The van der Waals surface area contributed by atoms with Crippen LogP contribution in [0, 0.1) is 6.92 Å². The molecule has 0 bridgehead atoms. The van der Waals surface area contributed by atoms with Crippen LogP contribution in [-0.2, 0) is 4.79 Å². The fourth-order valence-electron chi connectivity index (χ4n) is 3.03. The standard InChI is InChI=1S/C16H18N2O3S/c1-11-4-2-3-5-13(11)15(20)17-8-6-12(7-9-17)18-14(19)10-22-16(18)21/h2-5,12H,6-10H2,1H3. The molecule has 2 heterocycles. The van der Waals surface area contributed by atoms with Crippen LogP contribution in [0.2, 0.25) is 0 Å². The Morgan fingerprint density at radius 3 is 2.45 bits per heavy atom. The molecule has 6 heteroatoms. The second kappa shape index (κ2) is 6.12. The lowest BCUT2D eigenvalue weighted by molar-refractivity contribution is -0.126. The third-order valence-electron chi connectivity index (χ3n) is 4.28. The van der Waals surface area contributed by atoms with Gasteiger partial charge in [-0.3, -0.25) is 19.3 Å². The number of imide groups is 1. The zero-order valence-electron chi connectivity index (χ0n) is 12.4. The summed E-state index contributed by atoms with van der Waals surface area (Å²) in [7, 11) is 0. The molecule has 5 nitrogen and oxygen atoms in total. The lowest BCUT2D eigenvalue weighted by Crippen LogP contribution is -2.48. The number of piperidine rings is 1. The monoisotopic (exact) mass is 318 g/mol. The highest BCUT2D eigenvalue weighted by atomic mass is 32.2. The van der Waals surface area contributed by atoms with Crippen LogP contribution >= 0.6 is 11.8 Å². The van der Waals surface area contributed by atoms with Crippen LogP contribution in [0.5, 0.6) is 0 Å². The van der Waals surface area contributed by atoms with Gasteiger partial charge in [-0.2, -0.15) is 0 Å². The van der Waals surface area contributed by atoms with Gasteiger partial charge in [0, 0.05) is 24.7 Å². The third-order valence-corrected chi connectivity index (χ3v) is 5.11. The summed E-state index contributed by atoms with van der Waals surface area (Å²) in [6.45, 7) is 3.10. The number of amides is 3. The topological polar surface area (TPSA) is 57.7 Å².